The molecule has 0 aliphatic carbocycles. The third-order valence-electron chi connectivity index (χ3n) is 3.07. The number of nitrogens with zero attached hydrogens (tertiary/aromatic N) is 2. The van der Waals surface area contributed by atoms with E-state index in [0.717, 1.165) is 5.75 Å². The Kier molecular flexibility index (Phi) is 7.44. The summed E-state index contributed by atoms with van der Waals surface area (Å²) in [5.74, 6) is 0.532. The Morgan fingerprint density at radius 1 is 1.26 bits per heavy atom. The van der Waals surface area contributed by atoms with Gasteiger partial charge in [-0.25, -0.2) is 0 Å². The molecule has 2 aromatic rings. The van der Waals surface area contributed by atoms with E-state index in [1.165, 1.54) is 0 Å². The first-order valence-corrected chi connectivity index (χ1v) is 7.21. The Morgan fingerprint density at radius 2 is 1.96 bits per heavy atom. The van der Waals surface area contributed by atoms with Crippen molar-refractivity contribution < 1.29 is 9.53 Å². The number of carbonyl (C=O) groups excluding carboxylic acids is 1. The van der Waals surface area contributed by atoms with Crippen LogP contribution < -0.4 is 15.8 Å². The van der Waals surface area contributed by atoms with Crippen molar-refractivity contribution >= 4 is 24.0 Å². The Bertz CT molecular complexity index is 647. The number of ether oxygens (including phenoxy) is 1. The molecule has 0 aliphatic rings. The van der Waals surface area contributed by atoms with Gasteiger partial charge in [0.05, 0.1) is 17.0 Å². The van der Waals surface area contributed by atoms with Gasteiger partial charge in [0.2, 0.25) is 0 Å². The predicted molar refractivity (Wildman–Crippen MR) is 92.3 cm³/mol. The van der Waals surface area contributed by atoms with Crippen LogP contribution in [-0.2, 0) is 6.42 Å². The maximum Gasteiger partial charge on any atom is 0.257 e. The van der Waals surface area contributed by atoms with E-state index in [-0.39, 0.29) is 18.3 Å². The Balaban J connectivity index is 0.00000264. The Labute approximate surface area is 141 Å². The van der Waals surface area contributed by atoms with Gasteiger partial charge in [0.25, 0.3) is 5.91 Å². The average molecular weight is 337 g/mol. The van der Waals surface area contributed by atoms with Crippen molar-refractivity contribution in [2.45, 2.75) is 20.3 Å². The molecular weight excluding hydrogens is 316 g/mol. The number of hydrogen-bond acceptors (Lipinski definition) is 5. The fraction of sp³-hybridized carbons (Fsp3) is 0.312. The lowest BCUT2D eigenvalue weighted by molar-refractivity contribution is 0.102. The second kappa shape index (κ2) is 9.07. The highest BCUT2D eigenvalue weighted by atomic mass is 35.5. The van der Waals surface area contributed by atoms with Crippen LogP contribution in [-0.4, -0.2) is 29.3 Å². The number of halogens is 1. The molecule has 7 heteroatoms. The fourth-order valence-electron chi connectivity index (χ4n) is 1.98. The molecule has 3 N–H and O–H groups in total. The van der Waals surface area contributed by atoms with E-state index in [1.54, 1.807) is 30.3 Å². The first-order chi connectivity index (χ1) is 10.6. The van der Waals surface area contributed by atoms with Crippen molar-refractivity contribution in [1.82, 2.24) is 10.2 Å². The summed E-state index contributed by atoms with van der Waals surface area (Å²) in [6.07, 6.45) is 0.655. The fourth-order valence-corrected chi connectivity index (χ4v) is 1.98. The smallest absolute Gasteiger partial charge is 0.257 e. The normalized spacial score (nSPS) is 9.87. The van der Waals surface area contributed by atoms with Crippen LogP contribution >= 0.6 is 12.4 Å². The first kappa shape index (κ1) is 18.9. The molecule has 6 nitrogen and oxygen atoms in total. The minimum Gasteiger partial charge on any atom is -0.492 e. The van der Waals surface area contributed by atoms with Gasteiger partial charge in [-0.2, -0.15) is 10.2 Å². The van der Waals surface area contributed by atoms with Gasteiger partial charge in [-0.3, -0.25) is 4.79 Å². The maximum absolute atomic E-state index is 12.4. The lowest BCUT2D eigenvalue weighted by atomic mass is 10.1. The van der Waals surface area contributed by atoms with Gasteiger partial charge >= 0.3 is 0 Å². The molecule has 0 saturated carbocycles. The molecule has 0 unspecified atom stereocenters. The summed E-state index contributed by atoms with van der Waals surface area (Å²) in [6, 6.07) is 8.91. The molecule has 23 heavy (non-hydrogen) atoms. The molecule has 0 fully saturated rings. The van der Waals surface area contributed by atoms with Gasteiger partial charge in [-0.1, -0.05) is 6.92 Å². The summed E-state index contributed by atoms with van der Waals surface area (Å²) in [5.41, 5.74) is 8.03. The number of benzene rings is 1. The van der Waals surface area contributed by atoms with Crippen LogP contribution in [0.4, 0.5) is 5.69 Å². The molecule has 0 saturated heterocycles. The Morgan fingerprint density at radius 3 is 2.57 bits per heavy atom. The molecule has 1 aromatic carbocycles. The third-order valence-corrected chi connectivity index (χ3v) is 3.07. The largest absolute Gasteiger partial charge is 0.492 e. The molecule has 1 amide bonds. The number of hydrogen-bond donors (Lipinski definition) is 2. The molecule has 2 rings (SSSR count). The van der Waals surface area contributed by atoms with Gasteiger partial charge in [0.1, 0.15) is 12.4 Å². The van der Waals surface area contributed by atoms with Gasteiger partial charge in [-0.15, -0.1) is 12.4 Å². The van der Waals surface area contributed by atoms with Crippen molar-refractivity contribution in [2.75, 3.05) is 18.5 Å². The average Bonchev–Trinajstić information content (AvgIpc) is 2.54. The topological polar surface area (TPSA) is 90.1 Å². The maximum atomic E-state index is 12.4. The van der Waals surface area contributed by atoms with Crippen molar-refractivity contribution in [1.29, 1.82) is 0 Å². The minimum atomic E-state index is -0.189. The van der Waals surface area contributed by atoms with Gasteiger partial charge < -0.3 is 15.8 Å². The highest BCUT2D eigenvalue weighted by molar-refractivity contribution is 6.05. The van der Waals surface area contributed by atoms with E-state index >= 15 is 0 Å². The summed E-state index contributed by atoms with van der Waals surface area (Å²) in [4.78, 5) is 12.4. The quantitative estimate of drug-likeness (QED) is 0.845. The summed E-state index contributed by atoms with van der Waals surface area (Å²) < 4.78 is 5.40. The SMILES string of the molecule is CCc1nnc(C)cc1C(=O)Nc1ccc(OCCN)cc1.Cl. The van der Waals surface area contributed by atoms with Crippen LogP contribution in [0, 0.1) is 6.92 Å². The molecule has 1 heterocycles. The lowest BCUT2D eigenvalue weighted by Gasteiger charge is -2.09. The zero-order valence-corrected chi connectivity index (χ0v) is 14.0. The van der Waals surface area contributed by atoms with Crippen LogP contribution in [0.15, 0.2) is 30.3 Å². The van der Waals surface area contributed by atoms with Crippen LogP contribution in [0.25, 0.3) is 0 Å². The molecule has 1 aromatic heterocycles. The van der Waals surface area contributed by atoms with Gasteiger partial charge in [0.15, 0.2) is 0 Å². The second-order valence-corrected chi connectivity index (χ2v) is 4.82. The number of rotatable bonds is 6. The number of amides is 1. The molecular formula is C16H21ClN4O2. The van der Waals surface area contributed by atoms with E-state index in [9.17, 15) is 4.79 Å². The zero-order chi connectivity index (χ0) is 15.9. The van der Waals surface area contributed by atoms with Crippen LogP contribution in [0.3, 0.4) is 0 Å². The van der Waals surface area contributed by atoms with Crippen molar-refractivity contribution in [3.8, 4) is 5.75 Å². The molecule has 0 bridgehead atoms. The van der Waals surface area contributed by atoms with Crippen molar-refractivity contribution in [3.63, 3.8) is 0 Å². The highest BCUT2D eigenvalue weighted by Gasteiger charge is 2.13. The number of anilines is 1. The van der Waals surface area contributed by atoms with Crippen molar-refractivity contribution in [3.05, 3.63) is 47.3 Å². The summed E-state index contributed by atoms with van der Waals surface area (Å²) in [6.45, 7) is 4.69. The van der Waals surface area contributed by atoms with Gasteiger partial charge in [-0.05, 0) is 43.7 Å². The third kappa shape index (κ3) is 5.19. The van der Waals surface area contributed by atoms with Crippen molar-refractivity contribution in [2.24, 2.45) is 5.73 Å². The summed E-state index contributed by atoms with van der Waals surface area (Å²) in [5, 5.41) is 10.9. The number of aryl methyl sites for hydroxylation is 2. The minimum absolute atomic E-state index is 0. The molecule has 124 valence electrons. The van der Waals surface area contributed by atoms with E-state index in [2.05, 4.69) is 15.5 Å². The van der Waals surface area contributed by atoms with E-state index in [0.29, 0.717) is 42.2 Å². The monoisotopic (exact) mass is 336 g/mol. The number of nitrogens with two attached hydrogens (primary N) is 1. The van der Waals surface area contributed by atoms with E-state index < -0.39 is 0 Å². The van der Waals surface area contributed by atoms with Crippen LogP contribution in [0.2, 0.25) is 0 Å². The standard InChI is InChI=1S/C16H20N4O2.ClH/c1-3-15-14(10-11(2)19-20-15)16(21)18-12-4-6-13(7-5-12)22-9-8-17;/h4-7,10H,3,8-9,17H2,1-2H3,(H,18,21);1H. The molecule has 0 atom stereocenters. The number of nitrogens with one attached hydrogen (secondary N) is 1. The van der Waals surface area contributed by atoms with Crippen LogP contribution in [0.5, 0.6) is 5.75 Å². The molecule has 0 radical (unpaired) electrons. The van der Waals surface area contributed by atoms with E-state index in [1.807, 2.05) is 13.8 Å². The predicted octanol–water partition coefficient (Wildman–Crippen LogP) is 2.36. The second-order valence-electron chi connectivity index (χ2n) is 4.82. The number of aromatic nitrogens is 2. The van der Waals surface area contributed by atoms with Gasteiger partial charge in [0, 0.05) is 12.2 Å². The Hall–Kier alpha value is -2.18. The lowest BCUT2D eigenvalue weighted by Crippen LogP contribution is -2.16. The zero-order valence-electron chi connectivity index (χ0n) is 13.2. The number of carbonyl (C=O) groups is 1. The highest BCUT2D eigenvalue weighted by Crippen LogP contribution is 2.17. The molecule has 0 aliphatic heterocycles. The van der Waals surface area contributed by atoms with Crippen LogP contribution in [0.1, 0.15) is 28.7 Å². The summed E-state index contributed by atoms with van der Waals surface area (Å²) in [7, 11) is 0. The summed E-state index contributed by atoms with van der Waals surface area (Å²) >= 11 is 0. The van der Waals surface area contributed by atoms with E-state index in [4.69, 9.17) is 10.5 Å². The first-order valence-electron chi connectivity index (χ1n) is 7.21. The molecule has 0 spiro atoms.